The van der Waals surface area contributed by atoms with Crippen molar-refractivity contribution in [2.75, 3.05) is 12.4 Å². The lowest BCUT2D eigenvalue weighted by molar-refractivity contribution is -0.130. The van der Waals surface area contributed by atoms with Crippen molar-refractivity contribution in [3.05, 3.63) is 29.3 Å². The molecule has 0 aromatic heterocycles. The number of nitrogens with one attached hydrogen (secondary N) is 1. The molecular weight excluding hydrogens is 254 g/mol. The van der Waals surface area contributed by atoms with Gasteiger partial charge in [-0.05, 0) is 12.1 Å². The highest BCUT2D eigenvalue weighted by Crippen LogP contribution is 2.20. The number of carbonyl (C=O) groups excluding carboxylic acids is 2. The Labute approximate surface area is 109 Å². The number of rotatable bonds is 2. The Morgan fingerprint density at radius 2 is 2.11 bits per heavy atom. The van der Waals surface area contributed by atoms with Crippen LogP contribution >= 0.6 is 11.6 Å². The highest BCUT2D eigenvalue weighted by atomic mass is 35.5. The molecule has 2 rings (SSSR count). The van der Waals surface area contributed by atoms with Crippen LogP contribution < -0.4 is 5.32 Å². The fourth-order valence-corrected chi connectivity index (χ4v) is 1.77. The summed E-state index contributed by atoms with van der Waals surface area (Å²) in [5.41, 5.74) is 0.864. The van der Waals surface area contributed by atoms with Gasteiger partial charge in [0.05, 0.1) is 10.7 Å². The molecular formula is C12H12ClN3O2. The summed E-state index contributed by atoms with van der Waals surface area (Å²) < 4.78 is 0. The molecule has 2 amide bonds. The Morgan fingerprint density at radius 3 is 2.78 bits per heavy atom. The monoisotopic (exact) mass is 265 g/mol. The number of anilines is 1. The van der Waals surface area contributed by atoms with E-state index in [1.807, 2.05) is 0 Å². The zero-order chi connectivity index (χ0) is 13.1. The highest BCUT2D eigenvalue weighted by molar-refractivity contribution is 6.44. The smallest absolute Gasteiger partial charge is 0.271 e. The van der Waals surface area contributed by atoms with Gasteiger partial charge in [0.2, 0.25) is 5.91 Å². The van der Waals surface area contributed by atoms with E-state index < -0.39 is 0 Å². The lowest BCUT2D eigenvalue weighted by atomic mass is 10.1. The van der Waals surface area contributed by atoms with Gasteiger partial charge in [-0.3, -0.25) is 9.59 Å². The Kier molecular flexibility index (Phi) is 3.62. The van der Waals surface area contributed by atoms with E-state index in [1.54, 1.807) is 24.3 Å². The first-order valence-corrected chi connectivity index (χ1v) is 5.85. The number of carbonyl (C=O) groups is 2. The number of hydrogen-bond donors (Lipinski definition) is 1. The van der Waals surface area contributed by atoms with E-state index in [0.29, 0.717) is 29.3 Å². The maximum Gasteiger partial charge on any atom is 0.271 e. The highest BCUT2D eigenvalue weighted by Gasteiger charge is 2.22. The Balaban J connectivity index is 2.12. The van der Waals surface area contributed by atoms with Crippen LogP contribution in [0.25, 0.3) is 0 Å². The molecule has 1 aliphatic heterocycles. The summed E-state index contributed by atoms with van der Waals surface area (Å²) in [6.45, 7) is 0. The topological polar surface area (TPSA) is 61.8 Å². The molecule has 0 bridgehead atoms. The molecule has 94 valence electrons. The quantitative estimate of drug-likeness (QED) is 0.888. The van der Waals surface area contributed by atoms with Crippen molar-refractivity contribution in [1.82, 2.24) is 5.01 Å². The molecule has 0 atom stereocenters. The van der Waals surface area contributed by atoms with E-state index >= 15 is 0 Å². The van der Waals surface area contributed by atoms with Crippen LogP contribution in [0.3, 0.4) is 0 Å². The molecule has 1 aromatic carbocycles. The van der Waals surface area contributed by atoms with Gasteiger partial charge in [-0.15, -0.1) is 0 Å². The summed E-state index contributed by atoms with van der Waals surface area (Å²) in [4.78, 5) is 23.2. The summed E-state index contributed by atoms with van der Waals surface area (Å²) in [5.74, 6) is -0.424. The van der Waals surface area contributed by atoms with Crippen LogP contribution in [0, 0.1) is 0 Å². The molecule has 5 nitrogen and oxygen atoms in total. The first kappa shape index (κ1) is 12.6. The fraction of sp³-hybridized carbons (Fsp3) is 0.250. The predicted octanol–water partition coefficient (Wildman–Crippen LogP) is 1.89. The number of para-hydroxylation sites is 1. The Hall–Kier alpha value is -1.88. The van der Waals surface area contributed by atoms with Crippen molar-refractivity contribution >= 4 is 34.8 Å². The van der Waals surface area contributed by atoms with Crippen molar-refractivity contribution < 1.29 is 9.59 Å². The number of hydrogen-bond acceptors (Lipinski definition) is 3. The number of benzene rings is 1. The Bertz CT molecular complexity index is 528. The second-order valence-electron chi connectivity index (χ2n) is 3.90. The van der Waals surface area contributed by atoms with E-state index in [1.165, 1.54) is 12.1 Å². The van der Waals surface area contributed by atoms with Crippen molar-refractivity contribution in [2.24, 2.45) is 5.10 Å². The molecule has 0 saturated heterocycles. The van der Waals surface area contributed by atoms with Crippen molar-refractivity contribution in [1.29, 1.82) is 0 Å². The van der Waals surface area contributed by atoms with E-state index in [0.717, 1.165) is 0 Å². The van der Waals surface area contributed by atoms with Gasteiger partial charge in [-0.1, -0.05) is 23.7 Å². The average molecular weight is 266 g/mol. The first-order valence-electron chi connectivity index (χ1n) is 5.48. The maximum atomic E-state index is 11.9. The third-order valence-corrected chi connectivity index (χ3v) is 2.92. The van der Waals surface area contributed by atoms with Crippen LogP contribution in [0.5, 0.6) is 0 Å². The summed E-state index contributed by atoms with van der Waals surface area (Å²) in [7, 11) is 1.53. The third kappa shape index (κ3) is 2.68. The minimum Gasteiger partial charge on any atom is -0.320 e. The molecule has 18 heavy (non-hydrogen) atoms. The van der Waals surface area contributed by atoms with Gasteiger partial charge in [-0.25, -0.2) is 5.01 Å². The lowest BCUT2D eigenvalue weighted by Crippen LogP contribution is -2.34. The van der Waals surface area contributed by atoms with E-state index in [-0.39, 0.29) is 11.8 Å². The van der Waals surface area contributed by atoms with Crippen molar-refractivity contribution in [2.45, 2.75) is 12.8 Å². The summed E-state index contributed by atoms with van der Waals surface area (Å²) >= 11 is 5.94. The third-order valence-electron chi connectivity index (χ3n) is 2.59. The standard InChI is InChI=1S/C12H12ClN3O2/c1-16-11(17)7-6-10(15-16)12(18)14-9-5-3-2-4-8(9)13/h2-5H,6-7H2,1H3,(H,14,18). The summed E-state index contributed by atoms with van der Waals surface area (Å²) in [5, 5.41) is 8.26. The van der Waals surface area contributed by atoms with E-state index in [4.69, 9.17) is 11.6 Å². The van der Waals surface area contributed by atoms with Crippen LogP contribution in [0.1, 0.15) is 12.8 Å². The molecule has 6 heteroatoms. The zero-order valence-electron chi connectivity index (χ0n) is 9.81. The summed E-state index contributed by atoms with van der Waals surface area (Å²) in [6.07, 6.45) is 0.644. The minimum atomic E-state index is -0.331. The number of nitrogens with zero attached hydrogens (tertiary/aromatic N) is 2. The van der Waals surface area contributed by atoms with Crippen molar-refractivity contribution in [3.63, 3.8) is 0 Å². The van der Waals surface area contributed by atoms with Crippen LogP contribution in [-0.4, -0.2) is 29.6 Å². The van der Waals surface area contributed by atoms with Gasteiger partial charge in [-0.2, -0.15) is 5.10 Å². The largest absolute Gasteiger partial charge is 0.320 e. The molecule has 1 heterocycles. The molecule has 1 aromatic rings. The van der Waals surface area contributed by atoms with Gasteiger partial charge in [0.15, 0.2) is 0 Å². The molecule has 0 spiro atoms. The van der Waals surface area contributed by atoms with Crippen LogP contribution in [-0.2, 0) is 9.59 Å². The second-order valence-corrected chi connectivity index (χ2v) is 4.31. The molecule has 0 saturated carbocycles. The van der Waals surface area contributed by atoms with Crippen molar-refractivity contribution in [3.8, 4) is 0 Å². The Morgan fingerprint density at radius 1 is 1.39 bits per heavy atom. The molecule has 1 N–H and O–H groups in total. The molecule has 0 radical (unpaired) electrons. The zero-order valence-corrected chi connectivity index (χ0v) is 10.6. The fourth-order valence-electron chi connectivity index (χ4n) is 1.59. The lowest BCUT2D eigenvalue weighted by Gasteiger charge is -2.19. The van der Waals surface area contributed by atoms with Gasteiger partial charge in [0.1, 0.15) is 5.71 Å². The predicted molar refractivity (Wildman–Crippen MR) is 69.5 cm³/mol. The second kappa shape index (κ2) is 5.18. The number of amides is 2. The molecule has 0 unspecified atom stereocenters. The SMILES string of the molecule is CN1N=C(C(=O)Nc2ccccc2Cl)CCC1=O. The van der Waals surface area contributed by atoms with Gasteiger partial charge in [0, 0.05) is 19.9 Å². The van der Waals surface area contributed by atoms with E-state index in [9.17, 15) is 9.59 Å². The summed E-state index contributed by atoms with van der Waals surface area (Å²) in [6, 6.07) is 6.95. The van der Waals surface area contributed by atoms with Gasteiger partial charge < -0.3 is 5.32 Å². The van der Waals surface area contributed by atoms with Gasteiger partial charge in [0.25, 0.3) is 5.91 Å². The minimum absolute atomic E-state index is 0.0932. The van der Waals surface area contributed by atoms with Crippen LogP contribution in [0.15, 0.2) is 29.4 Å². The normalized spacial score (nSPS) is 15.3. The average Bonchev–Trinajstić information content (AvgIpc) is 2.35. The molecule has 0 fully saturated rings. The number of hydrazone groups is 1. The first-order chi connectivity index (χ1) is 8.58. The molecule has 1 aliphatic rings. The maximum absolute atomic E-state index is 11.9. The van der Waals surface area contributed by atoms with Gasteiger partial charge >= 0.3 is 0 Å². The van der Waals surface area contributed by atoms with Crippen LogP contribution in [0.4, 0.5) is 5.69 Å². The van der Waals surface area contributed by atoms with E-state index in [2.05, 4.69) is 10.4 Å². The molecule has 0 aliphatic carbocycles. The number of halogens is 1. The van der Waals surface area contributed by atoms with Crippen LogP contribution in [0.2, 0.25) is 5.02 Å².